The van der Waals surface area contributed by atoms with Gasteiger partial charge in [0.25, 0.3) is 0 Å². The first-order chi connectivity index (χ1) is 24.5. The Labute approximate surface area is 299 Å². The molecule has 1 fully saturated rings. The lowest BCUT2D eigenvalue weighted by Gasteiger charge is -2.20. The Hall–Kier alpha value is -4.70. The smallest absolute Gasteiger partial charge is 0.416 e. The number of aliphatic hydroxyl groups excluding tert-OH is 1. The molecule has 270 valence electrons. The second-order valence-corrected chi connectivity index (χ2v) is 14.1. The Bertz CT molecular complexity index is 2090. The van der Waals surface area contributed by atoms with Crippen molar-refractivity contribution in [1.29, 1.82) is 0 Å². The van der Waals surface area contributed by atoms with Gasteiger partial charge in [0.15, 0.2) is 5.78 Å². The van der Waals surface area contributed by atoms with E-state index in [1.807, 2.05) is 13.0 Å². The molecule has 2 unspecified atom stereocenters. The molecular formula is C41H51N5O5. The van der Waals surface area contributed by atoms with Gasteiger partial charge >= 0.3 is 6.09 Å². The molecule has 10 heteroatoms. The van der Waals surface area contributed by atoms with Crippen LogP contribution < -0.4 is 10.7 Å². The summed E-state index contributed by atoms with van der Waals surface area (Å²) in [5.74, 6) is -0.473. The molecule has 2 atom stereocenters. The predicted molar refractivity (Wildman–Crippen MR) is 200 cm³/mol. The molecule has 3 aromatic rings. The summed E-state index contributed by atoms with van der Waals surface area (Å²) in [6, 6.07) is -0.263. The number of aliphatic imine (C=N–C) groups is 1. The van der Waals surface area contributed by atoms with E-state index in [9.17, 15) is 14.4 Å². The largest absolute Gasteiger partial charge is 0.452 e. The lowest BCUT2D eigenvalue weighted by Crippen LogP contribution is -2.37. The molecule has 8 bridgehead atoms. The summed E-state index contributed by atoms with van der Waals surface area (Å²) in [7, 11) is 1.29. The van der Waals surface area contributed by atoms with Gasteiger partial charge in [-0.2, -0.15) is 0 Å². The molecule has 5 heterocycles. The Morgan fingerprint density at radius 3 is 2.47 bits per heavy atom. The van der Waals surface area contributed by atoms with Crippen molar-refractivity contribution < 1.29 is 24.2 Å². The molecule has 1 saturated carbocycles. The van der Waals surface area contributed by atoms with Crippen LogP contribution in [0.2, 0.25) is 0 Å². The van der Waals surface area contributed by atoms with E-state index < -0.39 is 6.09 Å². The highest BCUT2D eigenvalue weighted by atomic mass is 16.5. The minimum atomic E-state index is -0.663. The highest BCUT2D eigenvalue weighted by Gasteiger charge is 2.43. The van der Waals surface area contributed by atoms with Gasteiger partial charge in [0.05, 0.1) is 18.9 Å². The molecule has 0 spiro atoms. The number of nitrogens with one attached hydrogen (secondary N) is 3. The number of hydrogen-bond donors (Lipinski definition) is 4. The Kier molecular flexibility index (Phi) is 10.5. The maximum absolute atomic E-state index is 13.7. The van der Waals surface area contributed by atoms with Gasteiger partial charge in [-0.3, -0.25) is 14.6 Å². The van der Waals surface area contributed by atoms with Crippen LogP contribution in [0.25, 0.3) is 18.2 Å². The number of ketones is 1. The number of aromatic amines is 3. The van der Waals surface area contributed by atoms with Crippen molar-refractivity contribution >= 4 is 41.7 Å². The Balaban J connectivity index is 1.44. The fraction of sp³-hybridized carbons (Fsp3) is 0.463. The van der Waals surface area contributed by atoms with Gasteiger partial charge in [0.1, 0.15) is 0 Å². The molecule has 10 nitrogen and oxygen atoms in total. The molecule has 0 radical (unpaired) electrons. The van der Waals surface area contributed by atoms with Crippen molar-refractivity contribution in [1.82, 2.24) is 19.9 Å². The zero-order chi connectivity index (χ0) is 36.6. The SMILES string of the molecule is C=Cc1c2[nH]c(c1C)Cc1[nH]c(c(CCC(=O)N(CCCCCCO)C(=O)OC)c1C)C1CC(=O)C3=C(C)C(C=c4[nH]c(c(C)c4CC)=C2)N=C31. The van der Waals surface area contributed by atoms with Crippen LogP contribution in [-0.4, -0.2) is 74.8 Å². The van der Waals surface area contributed by atoms with E-state index >= 15 is 0 Å². The summed E-state index contributed by atoms with van der Waals surface area (Å²) in [5, 5.41) is 11.2. The lowest BCUT2D eigenvalue weighted by atomic mass is 9.93. The number of aromatic nitrogens is 3. The zero-order valence-electron chi connectivity index (χ0n) is 30.8. The molecule has 51 heavy (non-hydrogen) atoms. The molecule has 6 rings (SSSR count). The van der Waals surface area contributed by atoms with Crippen LogP contribution in [0, 0.1) is 20.8 Å². The summed E-state index contributed by atoms with van der Waals surface area (Å²) < 4.78 is 4.98. The summed E-state index contributed by atoms with van der Waals surface area (Å²) in [5.41, 5.74) is 13.1. The fourth-order valence-electron chi connectivity index (χ4n) is 8.26. The van der Waals surface area contributed by atoms with Gasteiger partial charge in [-0.15, -0.1) is 0 Å². The molecule has 2 amide bonds. The lowest BCUT2D eigenvalue weighted by molar-refractivity contribution is -0.129. The van der Waals surface area contributed by atoms with Crippen LogP contribution in [0.5, 0.6) is 0 Å². The summed E-state index contributed by atoms with van der Waals surface area (Å²) in [4.78, 5) is 57.6. The van der Waals surface area contributed by atoms with Crippen molar-refractivity contribution in [3.63, 3.8) is 0 Å². The van der Waals surface area contributed by atoms with E-state index in [0.717, 1.165) is 91.8 Å². The number of Topliss-reactive ketones (excluding diaryl/α,β-unsaturated/α-hetero) is 1. The standard InChI is InChI=1S/C41H51N5O5/c1-8-26-22(3)30-19-32-24(5)28(14-15-37(49)46(41(50)51-7)16-12-10-11-13-17-47)39(44-32)29-18-36(48)38-25(6)33(45-40(29)38)21-35-27(9-2)23(4)31(43-35)20-34(26)42-30/h8,20-21,29,33,42-44,47H,1,9-19H2,2-7H3. The normalized spacial score (nSPS) is 17.7. The van der Waals surface area contributed by atoms with Crippen molar-refractivity contribution in [2.24, 2.45) is 4.99 Å². The number of carbonyl (C=O) groups is 3. The number of rotatable bonds is 11. The van der Waals surface area contributed by atoms with E-state index in [1.165, 1.54) is 23.1 Å². The van der Waals surface area contributed by atoms with Crippen molar-refractivity contribution in [2.45, 2.75) is 104 Å². The highest BCUT2D eigenvalue weighted by Crippen LogP contribution is 2.42. The molecule has 0 saturated heterocycles. The number of fused-ring (bicyclic) bond motifs is 8. The average molecular weight is 694 g/mol. The van der Waals surface area contributed by atoms with E-state index in [0.29, 0.717) is 32.1 Å². The number of nitrogens with zero attached hydrogens (tertiary/aromatic N) is 2. The maximum Gasteiger partial charge on any atom is 0.416 e. The molecule has 2 aliphatic heterocycles. The van der Waals surface area contributed by atoms with Crippen LogP contribution in [-0.2, 0) is 33.6 Å². The van der Waals surface area contributed by atoms with Crippen LogP contribution in [0.15, 0.2) is 22.7 Å². The van der Waals surface area contributed by atoms with Crippen molar-refractivity contribution in [3.05, 3.63) is 84.6 Å². The summed E-state index contributed by atoms with van der Waals surface area (Å²) >= 11 is 0. The fourth-order valence-corrected chi connectivity index (χ4v) is 8.26. The molecule has 4 N–H and O–H groups in total. The van der Waals surface area contributed by atoms with E-state index in [1.54, 1.807) is 0 Å². The minimum absolute atomic E-state index is 0.0926. The quantitative estimate of drug-likeness (QED) is 0.202. The number of hydrogen-bond acceptors (Lipinski definition) is 6. The van der Waals surface area contributed by atoms with Gasteiger partial charge in [-0.05, 0) is 98.9 Å². The van der Waals surface area contributed by atoms with Crippen LogP contribution >= 0.6 is 0 Å². The first kappa shape index (κ1) is 36.1. The first-order valence-electron chi connectivity index (χ1n) is 18.3. The highest BCUT2D eigenvalue weighted by molar-refractivity contribution is 6.32. The number of methoxy groups -OCH3 is 1. The second-order valence-electron chi connectivity index (χ2n) is 14.1. The topological polar surface area (TPSA) is 144 Å². The van der Waals surface area contributed by atoms with Crippen LogP contribution in [0.3, 0.4) is 0 Å². The molecule has 3 aromatic heterocycles. The number of amides is 2. The number of H-pyrrole nitrogens is 3. The first-order valence-corrected chi connectivity index (χ1v) is 18.3. The van der Waals surface area contributed by atoms with Gasteiger partial charge in [0, 0.05) is 82.9 Å². The van der Waals surface area contributed by atoms with Gasteiger partial charge in [-0.1, -0.05) is 32.4 Å². The number of aliphatic hydroxyl groups is 1. The van der Waals surface area contributed by atoms with Crippen molar-refractivity contribution in [3.8, 4) is 0 Å². The number of imide groups is 1. The van der Waals surface area contributed by atoms with E-state index in [2.05, 4.69) is 61.4 Å². The zero-order valence-corrected chi connectivity index (χ0v) is 30.8. The Morgan fingerprint density at radius 2 is 1.76 bits per heavy atom. The van der Waals surface area contributed by atoms with Gasteiger partial charge in [0.2, 0.25) is 5.91 Å². The average Bonchev–Trinajstić information content (AvgIpc) is 3.87. The monoisotopic (exact) mass is 693 g/mol. The number of ether oxygens (including phenoxy) is 1. The van der Waals surface area contributed by atoms with Gasteiger partial charge < -0.3 is 24.8 Å². The third-order valence-electron chi connectivity index (χ3n) is 11.2. The second kappa shape index (κ2) is 14.9. The number of allylic oxidation sites excluding steroid dienone is 1. The number of carbonyl (C=O) groups excluding carboxylic acids is 3. The van der Waals surface area contributed by atoms with Crippen molar-refractivity contribution in [2.75, 3.05) is 20.3 Å². The molecule has 1 aliphatic carbocycles. The third kappa shape index (κ3) is 6.62. The van der Waals surface area contributed by atoms with Gasteiger partial charge in [-0.25, -0.2) is 9.69 Å². The molecular weight excluding hydrogens is 642 g/mol. The maximum atomic E-state index is 13.7. The van der Waals surface area contributed by atoms with E-state index in [-0.39, 0.29) is 43.2 Å². The Morgan fingerprint density at radius 1 is 1.02 bits per heavy atom. The predicted octanol–water partition coefficient (Wildman–Crippen LogP) is 5.29. The number of unbranched alkanes of at least 4 members (excludes halogenated alkanes) is 3. The molecule has 0 aromatic carbocycles. The summed E-state index contributed by atoms with van der Waals surface area (Å²) in [6.45, 7) is 15.0. The minimum Gasteiger partial charge on any atom is -0.452 e. The van der Waals surface area contributed by atoms with Crippen LogP contribution in [0.4, 0.5) is 4.79 Å². The summed E-state index contributed by atoms with van der Waals surface area (Å²) in [6.07, 6.45) is 10.8. The van der Waals surface area contributed by atoms with Crippen LogP contribution in [0.1, 0.15) is 114 Å². The third-order valence-corrected chi connectivity index (χ3v) is 11.2. The molecule has 3 aliphatic rings. The van der Waals surface area contributed by atoms with E-state index in [4.69, 9.17) is 14.8 Å².